The number of carbonyl (C=O) groups is 2. The van der Waals surface area contributed by atoms with Crippen LogP contribution in [0.5, 0.6) is 0 Å². The molecule has 1 saturated carbocycles. The normalized spacial score (nSPS) is 14.1. The maximum atomic E-state index is 12.6. The van der Waals surface area contributed by atoms with E-state index in [1.807, 2.05) is 30.3 Å². The van der Waals surface area contributed by atoms with Crippen LogP contribution in [0.4, 0.5) is 11.4 Å². The van der Waals surface area contributed by atoms with E-state index in [-0.39, 0.29) is 24.4 Å². The van der Waals surface area contributed by atoms with Crippen LogP contribution in [-0.4, -0.2) is 24.4 Å². The van der Waals surface area contributed by atoms with Crippen LogP contribution in [0.3, 0.4) is 0 Å². The van der Waals surface area contributed by atoms with Gasteiger partial charge in [0.05, 0.1) is 17.8 Å². The van der Waals surface area contributed by atoms with Crippen LogP contribution in [0.1, 0.15) is 61.4 Å². The summed E-state index contributed by atoms with van der Waals surface area (Å²) in [5, 5.41) is 9.16. The molecule has 2 amide bonds. The van der Waals surface area contributed by atoms with Gasteiger partial charge in [-0.05, 0) is 42.5 Å². The molecule has 0 spiro atoms. The van der Waals surface area contributed by atoms with Crippen LogP contribution < -0.4 is 16.0 Å². The van der Waals surface area contributed by atoms with E-state index in [1.165, 1.54) is 5.56 Å². The molecular weight excluding hydrogens is 350 g/mol. The molecule has 1 aliphatic rings. The van der Waals surface area contributed by atoms with Crippen molar-refractivity contribution in [3.63, 3.8) is 0 Å². The highest BCUT2D eigenvalue weighted by Crippen LogP contribution is 2.24. The Hall–Kier alpha value is -2.82. The zero-order valence-electron chi connectivity index (χ0n) is 16.6. The number of anilines is 2. The molecule has 0 aliphatic heterocycles. The van der Waals surface area contributed by atoms with E-state index < -0.39 is 0 Å². The molecule has 3 N–H and O–H groups in total. The molecule has 5 nitrogen and oxygen atoms in total. The van der Waals surface area contributed by atoms with Gasteiger partial charge in [-0.15, -0.1) is 0 Å². The molecule has 148 valence electrons. The summed E-state index contributed by atoms with van der Waals surface area (Å²) in [4.78, 5) is 25.1. The minimum atomic E-state index is -0.181. The number of hydrogen-bond donors (Lipinski definition) is 3. The van der Waals surface area contributed by atoms with Gasteiger partial charge in [-0.25, -0.2) is 0 Å². The van der Waals surface area contributed by atoms with Crippen molar-refractivity contribution >= 4 is 23.2 Å². The fourth-order valence-electron chi connectivity index (χ4n) is 3.65. The lowest BCUT2D eigenvalue weighted by Gasteiger charge is -2.16. The first-order valence-corrected chi connectivity index (χ1v) is 10.1. The number of nitrogens with one attached hydrogen (secondary N) is 3. The second-order valence-corrected chi connectivity index (χ2v) is 7.64. The molecule has 1 fully saturated rings. The third kappa shape index (κ3) is 5.12. The van der Waals surface area contributed by atoms with E-state index in [4.69, 9.17) is 0 Å². The van der Waals surface area contributed by atoms with Crippen LogP contribution in [0.2, 0.25) is 0 Å². The molecule has 0 aromatic heterocycles. The molecular formula is C23H29N3O2. The molecule has 0 bridgehead atoms. The van der Waals surface area contributed by atoms with Gasteiger partial charge in [0.15, 0.2) is 0 Å². The lowest BCUT2D eigenvalue weighted by Crippen LogP contribution is -2.33. The predicted molar refractivity (Wildman–Crippen MR) is 114 cm³/mol. The van der Waals surface area contributed by atoms with E-state index in [2.05, 4.69) is 35.9 Å². The van der Waals surface area contributed by atoms with Crippen molar-refractivity contribution in [1.82, 2.24) is 5.32 Å². The fourth-order valence-corrected chi connectivity index (χ4v) is 3.65. The maximum absolute atomic E-state index is 12.6. The average Bonchev–Trinajstić information content (AvgIpc) is 3.20. The molecule has 0 radical (unpaired) electrons. The Labute approximate surface area is 166 Å². The van der Waals surface area contributed by atoms with Crippen molar-refractivity contribution in [3.05, 3.63) is 59.7 Å². The van der Waals surface area contributed by atoms with E-state index in [1.54, 1.807) is 12.1 Å². The summed E-state index contributed by atoms with van der Waals surface area (Å²) in [6.07, 6.45) is 4.37. The monoisotopic (exact) mass is 379 g/mol. The van der Waals surface area contributed by atoms with Crippen molar-refractivity contribution in [3.8, 4) is 0 Å². The van der Waals surface area contributed by atoms with Gasteiger partial charge < -0.3 is 16.0 Å². The first kappa shape index (κ1) is 19.9. The van der Waals surface area contributed by atoms with Gasteiger partial charge in [-0.1, -0.05) is 57.0 Å². The highest BCUT2D eigenvalue weighted by atomic mass is 16.2. The van der Waals surface area contributed by atoms with Gasteiger partial charge in [-0.3, -0.25) is 9.59 Å². The van der Waals surface area contributed by atoms with E-state index >= 15 is 0 Å². The number of para-hydroxylation sites is 2. The van der Waals surface area contributed by atoms with Crippen LogP contribution in [0.25, 0.3) is 0 Å². The van der Waals surface area contributed by atoms with Gasteiger partial charge in [-0.2, -0.15) is 0 Å². The lowest BCUT2D eigenvalue weighted by atomic mass is 10.0. The average molecular weight is 380 g/mol. The van der Waals surface area contributed by atoms with E-state index in [0.717, 1.165) is 31.4 Å². The largest absolute Gasteiger partial charge is 0.376 e. The Bertz CT molecular complexity index is 826. The Morgan fingerprint density at radius 1 is 0.964 bits per heavy atom. The number of benzene rings is 2. The van der Waals surface area contributed by atoms with Crippen LogP contribution in [-0.2, 0) is 4.79 Å². The van der Waals surface area contributed by atoms with Gasteiger partial charge in [0.1, 0.15) is 0 Å². The number of rotatable bonds is 7. The summed E-state index contributed by atoms with van der Waals surface area (Å²) >= 11 is 0. The predicted octanol–water partition coefficient (Wildman–Crippen LogP) is 4.53. The third-order valence-corrected chi connectivity index (χ3v) is 5.16. The highest BCUT2D eigenvalue weighted by Gasteiger charge is 2.20. The van der Waals surface area contributed by atoms with Crippen molar-refractivity contribution < 1.29 is 9.59 Å². The molecule has 0 saturated heterocycles. The molecule has 0 unspecified atom stereocenters. The number of carbonyl (C=O) groups excluding carboxylic acids is 2. The third-order valence-electron chi connectivity index (χ3n) is 5.16. The minimum absolute atomic E-state index is 0.124. The van der Waals surface area contributed by atoms with Gasteiger partial charge >= 0.3 is 0 Å². The maximum Gasteiger partial charge on any atom is 0.253 e. The molecule has 2 aromatic rings. The van der Waals surface area contributed by atoms with Crippen LogP contribution in [0.15, 0.2) is 48.5 Å². The smallest absolute Gasteiger partial charge is 0.253 e. The second-order valence-electron chi connectivity index (χ2n) is 7.64. The summed E-state index contributed by atoms with van der Waals surface area (Å²) in [6, 6.07) is 15.4. The number of hydrogen-bond acceptors (Lipinski definition) is 3. The Balaban J connectivity index is 1.62. The molecule has 0 atom stereocenters. The molecule has 5 heteroatoms. The summed E-state index contributed by atoms with van der Waals surface area (Å²) in [5.74, 6) is 0.0624. The standard InChI is InChI=1S/C23H29N3O2/c1-16(2)18-11-5-7-13-20(18)24-15-22(27)26-21-14-8-6-12-19(21)23(28)25-17-9-3-4-10-17/h5-8,11-14,16-17,24H,3-4,9-10,15H2,1-2H3,(H,25,28)(H,26,27). The second kappa shape index (κ2) is 9.40. The highest BCUT2D eigenvalue weighted by molar-refractivity contribution is 6.04. The zero-order chi connectivity index (χ0) is 19.9. The SMILES string of the molecule is CC(C)c1ccccc1NCC(=O)Nc1ccccc1C(=O)NC1CCCC1. The van der Waals surface area contributed by atoms with E-state index in [0.29, 0.717) is 17.2 Å². The van der Waals surface area contributed by atoms with Crippen LogP contribution >= 0.6 is 0 Å². The van der Waals surface area contributed by atoms with Crippen molar-refractivity contribution in [2.75, 3.05) is 17.2 Å². The van der Waals surface area contributed by atoms with Crippen molar-refractivity contribution in [1.29, 1.82) is 0 Å². The van der Waals surface area contributed by atoms with E-state index in [9.17, 15) is 9.59 Å². The van der Waals surface area contributed by atoms with Crippen LogP contribution in [0, 0.1) is 0 Å². The summed E-state index contributed by atoms with van der Waals surface area (Å²) in [5.41, 5.74) is 3.18. The summed E-state index contributed by atoms with van der Waals surface area (Å²) in [7, 11) is 0. The fraction of sp³-hybridized carbons (Fsp3) is 0.391. The summed E-state index contributed by atoms with van der Waals surface area (Å²) in [6.45, 7) is 4.39. The van der Waals surface area contributed by atoms with Gasteiger partial charge in [0.25, 0.3) is 5.91 Å². The first-order valence-electron chi connectivity index (χ1n) is 10.1. The minimum Gasteiger partial charge on any atom is -0.376 e. The quantitative estimate of drug-likeness (QED) is 0.662. The molecule has 1 aliphatic carbocycles. The Kier molecular flexibility index (Phi) is 6.69. The van der Waals surface area contributed by atoms with Gasteiger partial charge in [0.2, 0.25) is 5.91 Å². The molecule has 0 heterocycles. The van der Waals surface area contributed by atoms with Crippen molar-refractivity contribution in [2.45, 2.75) is 51.5 Å². The Morgan fingerprint density at radius 2 is 1.61 bits per heavy atom. The Morgan fingerprint density at radius 3 is 2.32 bits per heavy atom. The lowest BCUT2D eigenvalue weighted by molar-refractivity contribution is -0.114. The zero-order valence-corrected chi connectivity index (χ0v) is 16.6. The molecule has 28 heavy (non-hydrogen) atoms. The summed E-state index contributed by atoms with van der Waals surface area (Å²) < 4.78 is 0. The van der Waals surface area contributed by atoms with Gasteiger partial charge in [0, 0.05) is 11.7 Å². The molecule has 2 aromatic carbocycles. The van der Waals surface area contributed by atoms with Crippen molar-refractivity contribution in [2.24, 2.45) is 0 Å². The first-order chi connectivity index (χ1) is 13.5. The number of amides is 2. The topological polar surface area (TPSA) is 70.2 Å². The molecule has 3 rings (SSSR count).